The highest BCUT2D eigenvalue weighted by Crippen LogP contribution is 2.36. The maximum Gasteiger partial charge on any atom is 0.416 e. The fourth-order valence-electron chi connectivity index (χ4n) is 2.96. The van der Waals surface area contributed by atoms with Gasteiger partial charge in [0.1, 0.15) is 17.5 Å². The molecule has 3 rings (SSSR count). The van der Waals surface area contributed by atoms with E-state index in [4.69, 9.17) is 15.6 Å². The molecule has 0 radical (unpaired) electrons. The largest absolute Gasteiger partial charge is 0.480 e. The number of aliphatic carboxylic acids is 1. The van der Waals surface area contributed by atoms with Crippen LogP contribution in [0.5, 0.6) is 11.5 Å². The minimum Gasteiger partial charge on any atom is -0.480 e. The molecular weight excluding hydrogens is 421 g/mol. The maximum absolute atomic E-state index is 13.5. The molecule has 8 nitrogen and oxygen atoms in total. The minimum absolute atomic E-state index is 0.0852. The summed E-state index contributed by atoms with van der Waals surface area (Å²) in [5, 5.41) is 10.7. The Balaban J connectivity index is 1.77. The number of carboxylic acid groups (broad SMARTS) is 1. The highest BCUT2D eigenvalue weighted by Gasteiger charge is 2.38. The van der Waals surface area contributed by atoms with E-state index in [9.17, 15) is 27.6 Å². The highest BCUT2D eigenvalue weighted by molar-refractivity contribution is 6.00. The van der Waals surface area contributed by atoms with E-state index >= 15 is 0 Å². The Morgan fingerprint density at radius 3 is 2.35 bits per heavy atom. The fourth-order valence-corrected chi connectivity index (χ4v) is 2.96. The number of carbonyl (C=O) groups excluding carboxylic acids is 2. The van der Waals surface area contributed by atoms with E-state index < -0.39 is 48.3 Å². The van der Waals surface area contributed by atoms with Crippen LogP contribution < -0.4 is 15.8 Å². The van der Waals surface area contributed by atoms with Crippen molar-refractivity contribution in [1.82, 2.24) is 5.32 Å². The number of alkyl carbamates (subject to hydrolysis) is 1. The first-order valence-corrected chi connectivity index (χ1v) is 8.99. The fraction of sp³-hybridized carbons (Fsp3) is 0.250. The predicted octanol–water partition coefficient (Wildman–Crippen LogP) is 2.63. The van der Waals surface area contributed by atoms with Gasteiger partial charge in [0.05, 0.1) is 5.56 Å². The first-order chi connectivity index (χ1) is 14.5. The van der Waals surface area contributed by atoms with Gasteiger partial charge in [-0.05, 0) is 41.8 Å². The Morgan fingerprint density at radius 1 is 1.16 bits per heavy atom. The average Bonchev–Trinajstić information content (AvgIpc) is 3.00. The van der Waals surface area contributed by atoms with Crippen LogP contribution in [0.15, 0.2) is 42.5 Å². The Morgan fingerprint density at radius 2 is 1.81 bits per heavy atom. The topological polar surface area (TPSA) is 128 Å². The van der Waals surface area contributed by atoms with E-state index in [1.54, 1.807) is 12.1 Å². The second kappa shape index (κ2) is 8.64. The number of cyclic esters (lactones) is 1. The van der Waals surface area contributed by atoms with E-state index in [0.29, 0.717) is 5.56 Å². The number of hydrogen-bond acceptors (Lipinski definition) is 6. The zero-order valence-corrected chi connectivity index (χ0v) is 15.8. The number of carbonyl (C=O) groups is 3. The summed E-state index contributed by atoms with van der Waals surface area (Å²) in [6.07, 6.45) is -7.43. The number of rotatable bonds is 7. The zero-order valence-electron chi connectivity index (χ0n) is 15.8. The van der Waals surface area contributed by atoms with Gasteiger partial charge < -0.3 is 20.3 Å². The lowest BCUT2D eigenvalue weighted by atomic mass is 10.0. The van der Waals surface area contributed by atoms with Gasteiger partial charge in [-0.3, -0.25) is 14.9 Å². The number of amides is 2. The lowest BCUT2D eigenvalue weighted by Gasteiger charge is -2.16. The van der Waals surface area contributed by atoms with Crippen LogP contribution in [-0.2, 0) is 33.3 Å². The molecule has 1 saturated heterocycles. The Labute approximate surface area is 173 Å². The van der Waals surface area contributed by atoms with Gasteiger partial charge in [0.2, 0.25) is 0 Å². The van der Waals surface area contributed by atoms with Crippen LogP contribution in [0.4, 0.5) is 18.0 Å². The number of halogens is 3. The van der Waals surface area contributed by atoms with Crippen molar-refractivity contribution in [1.29, 1.82) is 0 Å². The quantitative estimate of drug-likeness (QED) is 0.606. The molecule has 0 aromatic heterocycles. The number of nitrogens with one attached hydrogen (secondary N) is 1. The summed E-state index contributed by atoms with van der Waals surface area (Å²) in [6, 6.07) is 8.24. The van der Waals surface area contributed by atoms with Gasteiger partial charge in [-0.25, -0.2) is 4.79 Å². The Kier molecular flexibility index (Phi) is 6.16. The van der Waals surface area contributed by atoms with E-state index in [2.05, 4.69) is 4.74 Å². The van der Waals surface area contributed by atoms with Crippen molar-refractivity contribution in [2.75, 3.05) is 0 Å². The molecule has 2 atom stereocenters. The number of alkyl halides is 3. The lowest BCUT2D eigenvalue weighted by molar-refractivity contribution is -0.139. The molecule has 1 aliphatic rings. The van der Waals surface area contributed by atoms with Crippen LogP contribution in [0.2, 0.25) is 0 Å². The molecule has 2 aromatic carbocycles. The third-order valence-corrected chi connectivity index (χ3v) is 4.49. The Bertz CT molecular complexity index is 1010. The van der Waals surface area contributed by atoms with Gasteiger partial charge in [0, 0.05) is 6.42 Å². The molecule has 11 heteroatoms. The molecule has 1 heterocycles. The summed E-state index contributed by atoms with van der Waals surface area (Å²) in [6.45, 7) is 0. The second-order valence-corrected chi connectivity index (χ2v) is 6.80. The van der Waals surface area contributed by atoms with Crippen LogP contribution in [0.25, 0.3) is 0 Å². The first kappa shape index (κ1) is 22.1. The minimum atomic E-state index is -4.73. The highest BCUT2D eigenvalue weighted by atomic mass is 19.4. The van der Waals surface area contributed by atoms with Crippen molar-refractivity contribution in [2.24, 2.45) is 5.73 Å². The molecule has 1 fully saturated rings. The standard InChI is InChI=1S/C20H17F3N2O6/c21-20(22,23)14-9-13(6-3-11(14)8-16-17(26)25-19(29)31-16)30-12-4-1-10(2-5-12)7-15(24)18(27)28/h1-6,9,15-16H,7-8,24H2,(H,27,28)(H,25,26,29). The van der Waals surface area contributed by atoms with Crippen LogP contribution in [0.3, 0.4) is 0 Å². The third-order valence-electron chi connectivity index (χ3n) is 4.49. The van der Waals surface area contributed by atoms with Gasteiger partial charge in [0.15, 0.2) is 6.10 Å². The first-order valence-electron chi connectivity index (χ1n) is 8.99. The lowest BCUT2D eigenvalue weighted by Crippen LogP contribution is -2.32. The van der Waals surface area contributed by atoms with Gasteiger partial charge in [-0.2, -0.15) is 13.2 Å². The molecule has 31 heavy (non-hydrogen) atoms. The molecule has 164 valence electrons. The normalized spacial score (nSPS) is 17.1. The zero-order chi connectivity index (χ0) is 22.8. The van der Waals surface area contributed by atoms with E-state index in [1.165, 1.54) is 18.2 Å². The summed E-state index contributed by atoms with van der Waals surface area (Å²) in [5.74, 6) is -1.82. The monoisotopic (exact) mass is 438 g/mol. The van der Waals surface area contributed by atoms with Crippen LogP contribution in [-0.4, -0.2) is 35.2 Å². The van der Waals surface area contributed by atoms with E-state index in [0.717, 1.165) is 12.1 Å². The number of carboxylic acids is 1. The molecule has 1 aliphatic heterocycles. The smallest absolute Gasteiger partial charge is 0.416 e. The Hall–Kier alpha value is -3.60. The molecule has 2 amide bonds. The van der Waals surface area contributed by atoms with E-state index in [-0.39, 0.29) is 23.5 Å². The molecular formula is C20H17F3N2O6. The second-order valence-electron chi connectivity index (χ2n) is 6.80. The van der Waals surface area contributed by atoms with E-state index in [1.807, 2.05) is 5.32 Å². The van der Waals surface area contributed by atoms with Gasteiger partial charge >= 0.3 is 18.2 Å². The molecule has 2 unspecified atom stereocenters. The molecule has 0 spiro atoms. The van der Waals surface area contributed by atoms with Crippen molar-refractivity contribution in [2.45, 2.75) is 31.2 Å². The average molecular weight is 438 g/mol. The van der Waals surface area contributed by atoms with Crippen molar-refractivity contribution >= 4 is 18.0 Å². The van der Waals surface area contributed by atoms with Crippen LogP contribution >= 0.6 is 0 Å². The number of nitrogens with two attached hydrogens (primary N) is 1. The van der Waals surface area contributed by atoms with Crippen LogP contribution in [0.1, 0.15) is 16.7 Å². The van der Waals surface area contributed by atoms with Gasteiger partial charge in [-0.1, -0.05) is 18.2 Å². The van der Waals surface area contributed by atoms with Crippen molar-refractivity contribution in [3.63, 3.8) is 0 Å². The third kappa shape index (κ3) is 5.51. The summed E-state index contributed by atoms with van der Waals surface area (Å²) in [4.78, 5) is 33.5. The molecule has 0 saturated carbocycles. The van der Waals surface area contributed by atoms with Crippen LogP contribution in [0, 0.1) is 0 Å². The maximum atomic E-state index is 13.5. The number of hydrogen-bond donors (Lipinski definition) is 3. The molecule has 4 N–H and O–H groups in total. The predicted molar refractivity (Wildman–Crippen MR) is 99.4 cm³/mol. The summed E-state index contributed by atoms with van der Waals surface area (Å²) in [7, 11) is 0. The van der Waals surface area contributed by atoms with Crippen molar-refractivity contribution in [3.05, 3.63) is 59.2 Å². The molecule has 0 aliphatic carbocycles. The molecule has 2 aromatic rings. The number of ether oxygens (including phenoxy) is 2. The van der Waals surface area contributed by atoms with Crippen molar-refractivity contribution in [3.8, 4) is 11.5 Å². The van der Waals surface area contributed by atoms with Gasteiger partial charge in [0.25, 0.3) is 5.91 Å². The summed E-state index contributed by atoms with van der Waals surface area (Å²) < 4.78 is 50.7. The van der Waals surface area contributed by atoms with Crippen molar-refractivity contribution < 1.29 is 42.1 Å². The van der Waals surface area contributed by atoms with Gasteiger partial charge in [-0.15, -0.1) is 0 Å². The SMILES string of the molecule is NC(Cc1ccc(Oc2ccc(CC3OC(=O)NC3=O)c(C(F)(F)F)c2)cc1)C(=O)O. The summed E-state index contributed by atoms with van der Waals surface area (Å²) in [5.41, 5.74) is 4.84. The number of benzene rings is 2. The molecule has 0 bridgehead atoms. The number of imide groups is 1. The summed E-state index contributed by atoms with van der Waals surface area (Å²) >= 11 is 0.